The lowest BCUT2D eigenvalue weighted by molar-refractivity contribution is -0.145. The van der Waals surface area contributed by atoms with Crippen molar-refractivity contribution >= 4 is 35.5 Å². The second-order valence-electron chi connectivity index (χ2n) is 15.1. The van der Waals surface area contributed by atoms with Crippen molar-refractivity contribution in [1.29, 1.82) is 0 Å². The van der Waals surface area contributed by atoms with E-state index in [0.29, 0.717) is 13.0 Å². The maximum atomic E-state index is 14.1. The minimum Gasteiger partial charge on any atom is -0.444 e. The average molecular weight is 654 g/mol. The largest absolute Gasteiger partial charge is 0.444 e. The lowest BCUT2D eigenvalue weighted by Gasteiger charge is -2.38. The van der Waals surface area contributed by atoms with Gasteiger partial charge in [0, 0.05) is 13.1 Å². The number of fused-ring (bicyclic) bond motifs is 1. The summed E-state index contributed by atoms with van der Waals surface area (Å²) in [6.07, 6.45) is 1.26. The first-order chi connectivity index (χ1) is 21.8. The molecule has 2 aliphatic rings. The van der Waals surface area contributed by atoms with E-state index in [-0.39, 0.29) is 30.2 Å². The van der Waals surface area contributed by atoms with Crippen LogP contribution in [0.1, 0.15) is 73.8 Å². The highest BCUT2D eigenvalue weighted by atomic mass is 16.6. The summed E-state index contributed by atoms with van der Waals surface area (Å²) in [6, 6.07) is 6.12. The summed E-state index contributed by atoms with van der Waals surface area (Å²) < 4.78 is 5.41. The number of Topliss-reactive ketones (excluding diaryl/α,β-unsaturated/α-hetero) is 1. The number of hydrogen-bond donors (Lipinski definition) is 4. The van der Waals surface area contributed by atoms with Crippen LogP contribution < -0.4 is 21.3 Å². The van der Waals surface area contributed by atoms with Gasteiger partial charge in [0.2, 0.25) is 23.5 Å². The first-order valence-corrected chi connectivity index (χ1v) is 16.1. The van der Waals surface area contributed by atoms with Crippen LogP contribution in [0.5, 0.6) is 0 Å². The van der Waals surface area contributed by atoms with Crippen LogP contribution in [0.25, 0.3) is 0 Å². The smallest absolute Gasteiger partial charge is 0.408 e. The van der Waals surface area contributed by atoms with Crippen molar-refractivity contribution in [2.24, 2.45) is 22.7 Å². The molecule has 1 aromatic carbocycles. The molecule has 2 fully saturated rings. The lowest BCUT2D eigenvalue weighted by atomic mass is 9.85. The summed E-state index contributed by atoms with van der Waals surface area (Å²) in [5.41, 5.74) is -0.835. The van der Waals surface area contributed by atoms with Crippen LogP contribution in [0.3, 0.4) is 0 Å². The van der Waals surface area contributed by atoms with Crippen molar-refractivity contribution in [3.8, 4) is 0 Å². The van der Waals surface area contributed by atoms with Gasteiger partial charge >= 0.3 is 6.09 Å². The number of nitrogens with one attached hydrogen (secondary N) is 4. The molecule has 3 rings (SSSR count). The summed E-state index contributed by atoms with van der Waals surface area (Å²) in [7, 11) is 0. The molecule has 1 heterocycles. The zero-order chi connectivity index (χ0) is 35.3. The van der Waals surface area contributed by atoms with Gasteiger partial charge < -0.3 is 30.9 Å². The second kappa shape index (κ2) is 14.7. The molecule has 0 aromatic heterocycles. The van der Waals surface area contributed by atoms with Crippen molar-refractivity contribution in [1.82, 2.24) is 26.2 Å². The van der Waals surface area contributed by atoms with Crippen molar-refractivity contribution < 1.29 is 33.5 Å². The number of allylic oxidation sites excluding steroid dienone is 1. The molecule has 1 saturated heterocycles. The van der Waals surface area contributed by atoms with Gasteiger partial charge in [-0.3, -0.25) is 24.0 Å². The molecule has 12 nitrogen and oxygen atoms in total. The number of carbonyl (C=O) groups excluding carboxylic acids is 6. The topological polar surface area (TPSA) is 163 Å². The van der Waals surface area contributed by atoms with E-state index in [4.69, 9.17) is 4.74 Å². The molecule has 0 bridgehead atoms. The van der Waals surface area contributed by atoms with Crippen molar-refractivity contribution in [3.63, 3.8) is 0 Å². The number of carbonyl (C=O) groups is 6. The maximum Gasteiger partial charge on any atom is 0.408 e. The molecule has 47 heavy (non-hydrogen) atoms. The molecular weight excluding hydrogens is 602 g/mol. The molecule has 5 atom stereocenters. The Morgan fingerprint density at radius 3 is 2.21 bits per heavy atom. The third-order valence-electron chi connectivity index (χ3n) is 8.79. The van der Waals surface area contributed by atoms with Crippen LogP contribution in [-0.4, -0.2) is 77.2 Å². The number of likely N-dealkylation sites (tertiary alicyclic amines) is 1. The fourth-order valence-electron chi connectivity index (χ4n) is 6.13. The van der Waals surface area contributed by atoms with Gasteiger partial charge in [-0.15, -0.1) is 6.58 Å². The Kier molecular flexibility index (Phi) is 11.6. The average Bonchev–Trinajstić information content (AvgIpc) is 3.29. The van der Waals surface area contributed by atoms with Crippen molar-refractivity contribution in [2.45, 2.75) is 98.5 Å². The van der Waals surface area contributed by atoms with Gasteiger partial charge in [0.1, 0.15) is 17.7 Å². The van der Waals surface area contributed by atoms with Gasteiger partial charge in [0.15, 0.2) is 0 Å². The van der Waals surface area contributed by atoms with Crippen LogP contribution in [-0.2, 0) is 35.3 Å². The minimum absolute atomic E-state index is 0.0457. The summed E-state index contributed by atoms with van der Waals surface area (Å²) >= 11 is 0. The van der Waals surface area contributed by atoms with Crippen molar-refractivity contribution in [2.75, 3.05) is 13.1 Å². The van der Waals surface area contributed by atoms with Crippen LogP contribution in [0, 0.1) is 22.7 Å². The van der Waals surface area contributed by atoms with Crippen LogP contribution in [0.4, 0.5) is 4.79 Å². The Balaban J connectivity index is 1.73. The molecule has 0 radical (unpaired) electrons. The van der Waals surface area contributed by atoms with Gasteiger partial charge in [-0.1, -0.05) is 71.0 Å². The molecule has 1 aliphatic carbocycles. The first-order valence-electron chi connectivity index (χ1n) is 16.1. The summed E-state index contributed by atoms with van der Waals surface area (Å²) in [5, 5.41) is 10.5. The molecule has 1 aromatic rings. The number of hydrogen-bond acceptors (Lipinski definition) is 7. The number of nitrogens with zero attached hydrogens (tertiary/aromatic N) is 1. The zero-order valence-corrected chi connectivity index (χ0v) is 28.9. The first kappa shape index (κ1) is 37.2. The monoisotopic (exact) mass is 653 g/mol. The molecule has 0 spiro atoms. The molecule has 12 heteroatoms. The number of ketones is 1. The van der Waals surface area contributed by atoms with E-state index >= 15 is 0 Å². The fourth-order valence-corrected chi connectivity index (χ4v) is 6.13. The molecule has 1 unspecified atom stereocenters. The third-order valence-corrected chi connectivity index (χ3v) is 8.79. The van der Waals surface area contributed by atoms with Gasteiger partial charge in [0.05, 0.1) is 12.6 Å². The SMILES string of the molecule is C=CCC[C@H](NC(=O)[C@@H]1[C@@H]2[C@H](CN1C(=O)C(NC(=O)OC(C)(C)C)C(C)(C)C)C2(C)C)C(=O)C(=O)NCC(=O)NCc1ccccc1. The second-order valence-corrected chi connectivity index (χ2v) is 15.1. The predicted octanol–water partition coefficient (Wildman–Crippen LogP) is 2.86. The Morgan fingerprint density at radius 1 is 1.00 bits per heavy atom. The number of rotatable bonds is 13. The van der Waals surface area contributed by atoms with E-state index in [0.717, 1.165) is 5.56 Å². The highest BCUT2D eigenvalue weighted by Crippen LogP contribution is 2.65. The van der Waals surface area contributed by atoms with Crippen LogP contribution in [0.2, 0.25) is 0 Å². The predicted molar refractivity (Wildman–Crippen MR) is 177 cm³/mol. The summed E-state index contributed by atoms with van der Waals surface area (Å²) in [6.45, 7) is 18.5. The van der Waals surface area contributed by atoms with Gasteiger partial charge in [-0.2, -0.15) is 0 Å². The molecular formula is C35H51N5O7. The van der Waals surface area contributed by atoms with E-state index in [1.807, 2.05) is 65.0 Å². The van der Waals surface area contributed by atoms with E-state index < -0.39 is 71.2 Å². The minimum atomic E-state index is -1.20. The maximum absolute atomic E-state index is 14.1. The molecule has 258 valence electrons. The number of ether oxygens (including phenoxy) is 1. The normalized spacial score (nSPS) is 20.9. The molecule has 4 N–H and O–H groups in total. The Bertz CT molecular complexity index is 1360. The standard InChI is InChI=1S/C35H51N5O7/c1-10-11-17-23(27(42)30(44)37-19-24(41)36-18-21-15-13-12-14-16-21)38-29(43)26-25-22(35(25,8)9)20-40(26)31(45)28(33(2,3)4)39-32(46)47-34(5,6)7/h10,12-16,22-23,25-26,28H,1,11,17-20H2,2-9H3,(H,36,41)(H,37,44)(H,38,43)(H,39,46)/t22-,23-,25-,26-,28?/m0/s1. The van der Waals surface area contributed by atoms with Crippen molar-refractivity contribution in [3.05, 3.63) is 48.6 Å². The highest BCUT2D eigenvalue weighted by Gasteiger charge is 2.70. The van der Waals surface area contributed by atoms with E-state index in [9.17, 15) is 28.8 Å². The number of alkyl carbamates (subject to hydrolysis) is 1. The third kappa shape index (κ3) is 9.65. The van der Waals surface area contributed by atoms with Crippen LogP contribution in [0.15, 0.2) is 43.0 Å². The van der Waals surface area contributed by atoms with Gasteiger partial charge in [0.25, 0.3) is 5.91 Å². The zero-order valence-electron chi connectivity index (χ0n) is 28.9. The Hall–Kier alpha value is -4.22. The summed E-state index contributed by atoms with van der Waals surface area (Å²) in [4.78, 5) is 80.7. The highest BCUT2D eigenvalue weighted by molar-refractivity contribution is 6.38. The van der Waals surface area contributed by atoms with E-state index in [1.165, 1.54) is 4.90 Å². The Morgan fingerprint density at radius 2 is 1.64 bits per heavy atom. The summed E-state index contributed by atoms with van der Waals surface area (Å²) in [5.74, 6) is -3.50. The van der Waals surface area contributed by atoms with E-state index in [2.05, 4.69) is 27.8 Å². The fraction of sp³-hybridized carbons (Fsp3) is 0.600. The van der Waals surface area contributed by atoms with Gasteiger partial charge in [-0.05, 0) is 61.8 Å². The number of amides is 5. The molecule has 1 aliphatic heterocycles. The molecule has 5 amide bonds. The number of piperidine rings is 1. The lowest BCUT2D eigenvalue weighted by Crippen LogP contribution is -2.60. The number of benzene rings is 1. The Labute approximate surface area is 277 Å². The van der Waals surface area contributed by atoms with Gasteiger partial charge in [-0.25, -0.2) is 4.79 Å². The van der Waals surface area contributed by atoms with Crippen LogP contribution >= 0.6 is 0 Å². The quantitative estimate of drug-likeness (QED) is 0.188. The molecule has 1 saturated carbocycles. The van der Waals surface area contributed by atoms with E-state index in [1.54, 1.807) is 26.8 Å².